The van der Waals surface area contributed by atoms with Crippen molar-refractivity contribution in [3.8, 4) is 5.75 Å². The van der Waals surface area contributed by atoms with Crippen molar-refractivity contribution in [3.63, 3.8) is 0 Å². The Labute approximate surface area is 148 Å². The van der Waals surface area contributed by atoms with Crippen molar-refractivity contribution in [1.29, 1.82) is 0 Å². The van der Waals surface area contributed by atoms with Crippen LogP contribution >= 0.6 is 11.6 Å². The van der Waals surface area contributed by atoms with Gasteiger partial charge >= 0.3 is 5.97 Å². The van der Waals surface area contributed by atoms with Crippen molar-refractivity contribution < 1.29 is 23.9 Å². The average molecular weight is 360 g/mol. The molecule has 0 spiro atoms. The second-order valence-electron chi connectivity index (χ2n) is 5.24. The highest BCUT2D eigenvalue weighted by Crippen LogP contribution is 2.23. The summed E-state index contributed by atoms with van der Waals surface area (Å²) in [4.78, 5) is 37.1. The second-order valence-corrected chi connectivity index (χ2v) is 5.65. The third-order valence-electron chi connectivity index (χ3n) is 3.61. The molecule has 1 heterocycles. The fraction of sp³-hybridized carbons (Fsp3) is 0.167. The number of carbonyl (C=O) groups excluding carboxylic acids is 3. The number of ether oxygens (including phenoxy) is 2. The Morgan fingerprint density at radius 3 is 2.16 bits per heavy atom. The van der Waals surface area contributed by atoms with Gasteiger partial charge in [0.2, 0.25) is 0 Å². The maximum atomic E-state index is 12.2. The van der Waals surface area contributed by atoms with Crippen LogP contribution in [0.5, 0.6) is 5.75 Å². The summed E-state index contributed by atoms with van der Waals surface area (Å²) in [6, 6.07) is 13.4. The summed E-state index contributed by atoms with van der Waals surface area (Å²) in [5.74, 6) is -1.19. The molecule has 1 aliphatic rings. The molecule has 2 aromatic rings. The summed E-state index contributed by atoms with van der Waals surface area (Å²) in [7, 11) is 0. The molecule has 0 atom stereocenters. The van der Waals surface area contributed by atoms with E-state index >= 15 is 0 Å². The quantitative estimate of drug-likeness (QED) is 0.450. The van der Waals surface area contributed by atoms with Crippen LogP contribution in [-0.4, -0.2) is 42.4 Å². The van der Waals surface area contributed by atoms with E-state index in [0.29, 0.717) is 21.9 Å². The van der Waals surface area contributed by atoms with Crippen LogP contribution in [0.1, 0.15) is 20.7 Å². The Kier molecular flexibility index (Phi) is 5.00. The molecule has 2 aromatic carbocycles. The van der Waals surface area contributed by atoms with Crippen LogP contribution in [0.3, 0.4) is 0 Å². The predicted octanol–water partition coefficient (Wildman–Crippen LogP) is 2.56. The topological polar surface area (TPSA) is 72.9 Å². The van der Waals surface area contributed by atoms with Gasteiger partial charge in [-0.2, -0.15) is 0 Å². The zero-order chi connectivity index (χ0) is 17.8. The van der Waals surface area contributed by atoms with E-state index in [1.54, 1.807) is 48.5 Å². The standard InChI is InChI=1S/C18H14ClNO5/c19-14-7-3-4-8-15(14)24-9-10-25-16(21)11-20-17(22)12-5-1-2-6-13(12)18(20)23/h1-8H,9-11H2. The molecule has 3 rings (SSSR count). The number of halogens is 1. The lowest BCUT2D eigenvalue weighted by Gasteiger charge is -2.13. The summed E-state index contributed by atoms with van der Waals surface area (Å²) in [5.41, 5.74) is 0.588. The smallest absolute Gasteiger partial charge is 0.326 e. The summed E-state index contributed by atoms with van der Waals surface area (Å²) < 4.78 is 10.4. The molecule has 0 aromatic heterocycles. The number of amides is 2. The van der Waals surface area contributed by atoms with E-state index in [-0.39, 0.29) is 13.2 Å². The number of fused-ring (bicyclic) bond motifs is 1. The van der Waals surface area contributed by atoms with Gasteiger partial charge in [-0.1, -0.05) is 35.9 Å². The van der Waals surface area contributed by atoms with Gasteiger partial charge in [-0.15, -0.1) is 0 Å². The van der Waals surface area contributed by atoms with Crippen LogP contribution < -0.4 is 4.74 Å². The number of rotatable bonds is 6. The van der Waals surface area contributed by atoms with Gasteiger partial charge in [0.05, 0.1) is 16.1 Å². The van der Waals surface area contributed by atoms with E-state index in [9.17, 15) is 14.4 Å². The lowest BCUT2D eigenvalue weighted by molar-refractivity contribution is -0.144. The summed E-state index contributed by atoms with van der Waals surface area (Å²) in [6.07, 6.45) is 0. The first-order valence-electron chi connectivity index (χ1n) is 7.56. The maximum Gasteiger partial charge on any atom is 0.326 e. The summed E-state index contributed by atoms with van der Waals surface area (Å²) in [6.45, 7) is -0.344. The van der Waals surface area contributed by atoms with Gasteiger partial charge in [0, 0.05) is 0 Å². The van der Waals surface area contributed by atoms with Crippen molar-refractivity contribution >= 4 is 29.4 Å². The van der Waals surface area contributed by atoms with E-state index < -0.39 is 24.3 Å². The predicted molar refractivity (Wildman–Crippen MR) is 89.7 cm³/mol. The number of hydrogen-bond donors (Lipinski definition) is 0. The zero-order valence-corrected chi connectivity index (χ0v) is 13.9. The monoisotopic (exact) mass is 359 g/mol. The molecular weight excluding hydrogens is 346 g/mol. The van der Waals surface area contributed by atoms with Gasteiger partial charge in [0.25, 0.3) is 11.8 Å². The van der Waals surface area contributed by atoms with Crippen LogP contribution in [0.15, 0.2) is 48.5 Å². The van der Waals surface area contributed by atoms with Crippen molar-refractivity contribution in [2.24, 2.45) is 0 Å². The number of nitrogens with zero attached hydrogens (tertiary/aromatic N) is 1. The van der Waals surface area contributed by atoms with Crippen molar-refractivity contribution in [2.45, 2.75) is 0 Å². The van der Waals surface area contributed by atoms with Crippen LogP contribution in [0, 0.1) is 0 Å². The van der Waals surface area contributed by atoms with Crippen LogP contribution in [0.25, 0.3) is 0 Å². The lowest BCUT2D eigenvalue weighted by Crippen LogP contribution is -2.36. The Hall–Kier alpha value is -2.86. The number of carbonyl (C=O) groups is 3. The normalized spacial score (nSPS) is 12.9. The number of imide groups is 1. The molecule has 6 nitrogen and oxygen atoms in total. The molecule has 0 N–H and O–H groups in total. The molecule has 1 aliphatic heterocycles. The van der Waals surface area contributed by atoms with E-state index in [1.807, 2.05) is 0 Å². The van der Waals surface area contributed by atoms with Crippen LogP contribution in [0.4, 0.5) is 0 Å². The number of hydrogen-bond acceptors (Lipinski definition) is 5. The van der Waals surface area contributed by atoms with Crippen molar-refractivity contribution in [1.82, 2.24) is 4.90 Å². The minimum absolute atomic E-state index is 0.0206. The third-order valence-corrected chi connectivity index (χ3v) is 3.92. The lowest BCUT2D eigenvalue weighted by atomic mass is 10.1. The average Bonchev–Trinajstić information content (AvgIpc) is 2.85. The van der Waals surface area contributed by atoms with Crippen LogP contribution in [0.2, 0.25) is 5.02 Å². The highest BCUT2D eigenvalue weighted by atomic mass is 35.5. The maximum absolute atomic E-state index is 12.2. The molecular formula is C18H14ClNO5. The largest absolute Gasteiger partial charge is 0.488 e. The van der Waals surface area contributed by atoms with E-state index in [1.165, 1.54) is 0 Å². The SMILES string of the molecule is O=C(CN1C(=O)c2ccccc2C1=O)OCCOc1ccccc1Cl. The van der Waals surface area contributed by atoms with Gasteiger partial charge < -0.3 is 9.47 Å². The van der Waals surface area contributed by atoms with Gasteiger partial charge in [0.1, 0.15) is 25.5 Å². The molecule has 0 radical (unpaired) electrons. The van der Waals surface area contributed by atoms with E-state index in [2.05, 4.69) is 0 Å². The minimum Gasteiger partial charge on any atom is -0.488 e. The first-order chi connectivity index (χ1) is 12.1. The zero-order valence-electron chi connectivity index (χ0n) is 13.1. The number of para-hydroxylation sites is 1. The Morgan fingerprint density at radius 1 is 0.920 bits per heavy atom. The molecule has 0 aliphatic carbocycles. The molecule has 0 unspecified atom stereocenters. The Morgan fingerprint density at radius 2 is 1.52 bits per heavy atom. The highest BCUT2D eigenvalue weighted by molar-refractivity contribution is 6.32. The number of esters is 1. The highest BCUT2D eigenvalue weighted by Gasteiger charge is 2.36. The van der Waals surface area contributed by atoms with Gasteiger partial charge in [-0.05, 0) is 24.3 Å². The van der Waals surface area contributed by atoms with Crippen molar-refractivity contribution in [3.05, 3.63) is 64.7 Å². The molecule has 0 fully saturated rings. The van der Waals surface area contributed by atoms with Gasteiger partial charge in [-0.25, -0.2) is 0 Å². The van der Waals surface area contributed by atoms with Crippen molar-refractivity contribution in [2.75, 3.05) is 19.8 Å². The fourth-order valence-electron chi connectivity index (χ4n) is 2.43. The summed E-state index contributed by atoms with van der Waals surface area (Å²) in [5, 5.41) is 0.458. The van der Waals surface area contributed by atoms with E-state index in [0.717, 1.165) is 4.90 Å². The molecule has 0 saturated carbocycles. The van der Waals surface area contributed by atoms with Crippen LogP contribution in [-0.2, 0) is 9.53 Å². The molecule has 0 saturated heterocycles. The second kappa shape index (κ2) is 7.36. The Balaban J connectivity index is 1.48. The first kappa shape index (κ1) is 17.0. The summed E-state index contributed by atoms with van der Waals surface area (Å²) >= 11 is 5.94. The third kappa shape index (κ3) is 3.64. The molecule has 7 heteroatoms. The molecule has 0 bridgehead atoms. The number of benzene rings is 2. The Bertz CT molecular complexity index is 801. The van der Waals surface area contributed by atoms with Gasteiger partial charge in [0.15, 0.2) is 0 Å². The fourth-order valence-corrected chi connectivity index (χ4v) is 2.62. The molecule has 128 valence electrons. The molecule has 25 heavy (non-hydrogen) atoms. The van der Waals surface area contributed by atoms with Gasteiger partial charge in [-0.3, -0.25) is 19.3 Å². The van der Waals surface area contributed by atoms with E-state index in [4.69, 9.17) is 21.1 Å². The first-order valence-corrected chi connectivity index (χ1v) is 7.94. The minimum atomic E-state index is -0.683. The molecule has 2 amide bonds.